The first-order chi connectivity index (χ1) is 13.6. The zero-order chi connectivity index (χ0) is 19.5. The van der Waals surface area contributed by atoms with Crippen LogP contribution >= 0.6 is 24.0 Å². The van der Waals surface area contributed by atoms with E-state index in [0.29, 0.717) is 18.6 Å². The molecule has 2 aromatic rings. The second-order valence-electron chi connectivity index (χ2n) is 8.18. The summed E-state index contributed by atoms with van der Waals surface area (Å²) in [6.07, 6.45) is 10.0. The Morgan fingerprint density at radius 1 is 1.24 bits per heavy atom. The zero-order valence-corrected chi connectivity index (χ0v) is 20.0. The van der Waals surface area contributed by atoms with Gasteiger partial charge >= 0.3 is 0 Å². The van der Waals surface area contributed by atoms with Crippen LogP contribution in [0, 0.1) is 0 Å². The summed E-state index contributed by atoms with van der Waals surface area (Å²) in [5, 5.41) is 20.5. The predicted molar refractivity (Wildman–Crippen MR) is 125 cm³/mol. The quantitative estimate of drug-likeness (QED) is 0.374. The van der Waals surface area contributed by atoms with E-state index in [0.717, 1.165) is 49.8 Å². The summed E-state index contributed by atoms with van der Waals surface area (Å²) in [6.45, 7) is 6.01. The molecule has 2 N–H and O–H groups in total. The largest absolute Gasteiger partial charge is 0.353 e. The van der Waals surface area contributed by atoms with Crippen LogP contribution in [-0.2, 0) is 32.4 Å². The highest BCUT2D eigenvalue weighted by Gasteiger charge is 2.23. The number of aryl methyl sites for hydroxylation is 2. The standard InChI is InChI=1S/C20H32N8.HI/c1-14(2)28-13-15-8-9-16(11-17(15)26-28)23-20(21-3)22-12-19-25-24-18-7-5-4-6-10-27(18)19;/h13-14,16H,4-12H2,1-3H3,(H2,21,22,23);1H. The summed E-state index contributed by atoms with van der Waals surface area (Å²) < 4.78 is 4.36. The number of aromatic nitrogens is 5. The Labute approximate surface area is 190 Å². The molecule has 1 aliphatic heterocycles. The molecule has 9 heteroatoms. The minimum atomic E-state index is 0. The molecule has 160 valence electrons. The first-order valence-electron chi connectivity index (χ1n) is 10.6. The van der Waals surface area contributed by atoms with Gasteiger partial charge in [0.15, 0.2) is 11.8 Å². The lowest BCUT2D eigenvalue weighted by atomic mass is 9.94. The van der Waals surface area contributed by atoms with Crippen molar-refractivity contribution in [1.29, 1.82) is 0 Å². The third kappa shape index (κ3) is 5.10. The number of hydrogen-bond acceptors (Lipinski definition) is 4. The molecule has 0 saturated heterocycles. The third-order valence-electron chi connectivity index (χ3n) is 5.79. The summed E-state index contributed by atoms with van der Waals surface area (Å²) in [7, 11) is 1.82. The van der Waals surface area contributed by atoms with E-state index in [1.165, 1.54) is 30.5 Å². The van der Waals surface area contributed by atoms with Crippen molar-refractivity contribution >= 4 is 29.9 Å². The van der Waals surface area contributed by atoms with Gasteiger partial charge in [-0.2, -0.15) is 5.10 Å². The SMILES string of the molecule is CN=C(NCc1nnc2n1CCCCC2)NC1CCc2cn(C(C)C)nc2C1.I. The minimum absolute atomic E-state index is 0. The molecule has 0 aromatic carbocycles. The Balaban J connectivity index is 0.00000240. The monoisotopic (exact) mass is 512 g/mol. The van der Waals surface area contributed by atoms with Gasteiger partial charge in [0.2, 0.25) is 0 Å². The van der Waals surface area contributed by atoms with Crippen molar-refractivity contribution in [2.75, 3.05) is 7.05 Å². The van der Waals surface area contributed by atoms with Crippen LogP contribution in [0.25, 0.3) is 0 Å². The maximum absolute atomic E-state index is 4.77. The van der Waals surface area contributed by atoms with Crippen LogP contribution in [0.2, 0.25) is 0 Å². The van der Waals surface area contributed by atoms with Crippen LogP contribution in [0.5, 0.6) is 0 Å². The fourth-order valence-electron chi connectivity index (χ4n) is 4.13. The molecule has 0 spiro atoms. The van der Waals surface area contributed by atoms with Crippen LogP contribution < -0.4 is 10.6 Å². The molecule has 0 fully saturated rings. The molecule has 0 radical (unpaired) electrons. The van der Waals surface area contributed by atoms with E-state index in [9.17, 15) is 0 Å². The highest BCUT2D eigenvalue weighted by Crippen LogP contribution is 2.21. The summed E-state index contributed by atoms with van der Waals surface area (Å²) in [6, 6.07) is 0.759. The van der Waals surface area contributed by atoms with E-state index in [-0.39, 0.29) is 24.0 Å². The first kappa shape index (κ1) is 22.0. The van der Waals surface area contributed by atoms with Gasteiger partial charge in [-0.25, -0.2) is 0 Å². The topological polar surface area (TPSA) is 85.0 Å². The lowest BCUT2D eigenvalue weighted by molar-refractivity contribution is 0.498. The van der Waals surface area contributed by atoms with Crippen LogP contribution in [0.3, 0.4) is 0 Å². The summed E-state index contributed by atoms with van der Waals surface area (Å²) in [4.78, 5) is 4.41. The number of hydrogen-bond donors (Lipinski definition) is 2. The van der Waals surface area contributed by atoms with E-state index < -0.39 is 0 Å². The second kappa shape index (κ2) is 9.90. The number of rotatable bonds is 4. The molecule has 0 saturated carbocycles. The van der Waals surface area contributed by atoms with Crippen LogP contribution in [0.15, 0.2) is 11.2 Å². The fourth-order valence-corrected chi connectivity index (χ4v) is 4.13. The lowest BCUT2D eigenvalue weighted by Gasteiger charge is -2.24. The van der Waals surface area contributed by atoms with Gasteiger partial charge in [0, 0.05) is 44.7 Å². The minimum Gasteiger partial charge on any atom is -0.353 e. The van der Waals surface area contributed by atoms with Crippen LogP contribution in [0.1, 0.15) is 68.5 Å². The van der Waals surface area contributed by atoms with Crippen LogP contribution in [0.4, 0.5) is 0 Å². The van der Waals surface area contributed by atoms with Crippen molar-refractivity contribution in [3.8, 4) is 0 Å². The molecular formula is C20H33IN8. The Bertz CT molecular complexity index is 838. The van der Waals surface area contributed by atoms with Gasteiger partial charge < -0.3 is 15.2 Å². The van der Waals surface area contributed by atoms with Crippen molar-refractivity contribution in [3.63, 3.8) is 0 Å². The smallest absolute Gasteiger partial charge is 0.191 e. The summed E-state index contributed by atoms with van der Waals surface area (Å²) >= 11 is 0. The van der Waals surface area contributed by atoms with Gasteiger partial charge in [0.1, 0.15) is 5.82 Å². The number of nitrogens with one attached hydrogen (secondary N) is 2. The maximum Gasteiger partial charge on any atom is 0.191 e. The van der Waals surface area contributed by atoms with E-state index in [4.69, 9.17) is 5.10 Å². The molecule has 1 atom stereocenters. The Kier molecular flexibility index (Phi) is 7.53. The molecule has 1 aliphatic carbocycles. The van der Waals surface area contributed by atoms with Gasteiger partial charge in [-0.1, -0.05) is 6.42 Å². The van der Waals surface area contributed by atoms with E-state index in [2.05, 4.69) is 55.1 Å². The highest BCUT2D eigenvalue weighted by atomic mass is 127. The molecule has 1 unspecified atom stereocenters. The Hall–Kier alpha value is -1.65. The normalized spacial score (nSPS) is 19.2. The average Bonchev–Trinajstić information content (AvgIpc) is 3.21. The molecule has 29 heavy (non-hydrogen) atoms. The number of fused-ring (bicyclic) bond motifs is 2. The van der Waals surface area contributed by atoms with Crippen molar-refractivity contribution in [2.24, 2.45) is 4.99 Å². The Morgan fingerprint density at radius 2 is 2.10 bits per heavy atom. The third-order valence-corrected chi connectivity index (χ3v) is 5.79. The molecule has 0 bridgehead atoms. The van der Waals surface area contributed by atoms with Gasteiger partial charge in [0.25, 0.3) is 0 Å². The molecule has 0 amide bonds. The van der Waals surface area contributed by atoms with E-state index in [1.807, 2.05) is 7.05 Å². The first-order valence-corrected chi connectivity index (χ1v) is 10.6. The molecule has 2 aromatic heterocycles. The van der Waals surface area contributed by atoms with Gasteiger partial charge in [-0.05, 0) is 45.1 Å². The summed E-state index contributed by atoms with van der Waals surface area (Å²) in [5.74, 6) is 2.95. The van der Waals surface area contributed by atoms with Crippen molar-refractivity contribution in [1.82, 2.24) is 35.2 Å². The van der Waals surface area contributed by atoms with E-state index >= 15 is 0 Å². The van der Waals surface area contributed by atoms with Gasteiger partial charge in [-0.15, -0.1) is 34.2 Å². The highest BCUT2D eigenvalue weighted by molar-refractivity contribution is 14.0. The number of nitrogens with zero attached hydrogens (tertiary/aromatic N) is 6. The molecule has 3 heterocycles. The Morgan fingerprint density at radius 3 is 2.90 bits per heavy atom. The van der Waals surface area contributed by atoms with Crippen molar-refractivity contribution in [2.45, 2.75) is 84.0 Å². The fraction of sp³-hybridized carbons (Fsp3) is 0.700. The van der Waals surface area contributed by atoms with Crippen molar-refractivity contribution in [3.05, 3.63) is 29.1 Å². The van der Waals surface area contributed by atoms with Crippen LogP contribution in [-0.4, -0.2) is 43.6 Å². The van der Waals surface area contributed by atoms with Gasteiger partial charge in [-0.3, -0.25) is 9.67 Å². The number of halogens is 1. The molecule has 4 rings (SSSR count). The molecule has 8 nitrogen and oxygen atoms in total. The number of aliphatic imine (C=N–C) groups is 1. The molecule has 2 aliphatic rings. The van der Waals surface area contributed by atoms with Gasteiger partial charge in [0.05, 0.1) is 12.2 Å². The zero-order valence-electron chi connectivity index (χ0n) is 17.7. The lowest BCUT2D eigenvalue weighted by Crippen LogP contribution is -2.45. The van der Waals surface area contributed by atoms with E-state index in [1.54, 1.807) is 0 Å². The number of guanidine groups is 1. The summed E-state index contributed by atoms with van der Waals surface area (Å²) in [5.41, 5.74) is 2.61. The predicted octanol–water partition coefficient (Wildman–Crippen LogP) is 2.62. The van der Waals surface area contributed by atoms with Crippen molar-refractivity contribution < 1.29 is 0 Å². The second-order valence-corrected chi connectivity index (χ2v) is 8.18. The molecular weight excluding hydrogens is 479 g/mol. The maximum atomic E-state index is 4.77. The average molecular weight is 512 g/mol.